The van der Waals surface area contributed by atoms with Crippen molar-refractivity contribution in [2.75, 3.05) is 10.8 Å². The normalized spacial score (nSPS) is 16.6. The van der Waals surface area contributed by atoms with Crippen molar-refractivity contribution < 1.29 is 18.3 Å². The minimum absolute atomic E-state index is 0.301. The van der Waals surface area contributed by atoms with Gasteiger partial charge in [-0.1, -0.05) is 36.9 Å². The average molecular weight is 332 g/mol. The van der Waals surface area contributed by atoms with Crippen LogP contribution in [0, 0.1) is 0 Å². The molecule has 1 aromatic rings. The molecule has 0 heterocycles. The maximum atomic E-state index is 12.8. The highest BCUT2D eigenvalue weighted by atomic mass is 35.5. The van der Waals surface area contributed by atoms with Gasteiger partial charge in [0, 0.05) is 5.02 Å². The van der Waals surface area contributed by atoms with Gasteiger partial charge >= 0.3 is 5.97 Å². The summed E-state index contributed by atoms with van der Waals surface area (Å²) in [7, 11) is -3.70. The number of nitrogens with zero attached hydrogens (tertiary/aromatic N) is 1. The number of anilines is 1. The van der Waals surface area contributed by atoms with Crippen molar-refractivity contribution in [3.05, 3.63) is 29.3 Å². The number of aliphatic carboxylic acids is 1. The lowest BCUT2D eigenvalue weighted by Crippen LogP contribution is -2.42. The summed E-state index contributed by atoms with van der Waals surface area (Å²) in [6.45, 7) is -0.584. The molecule has 7 heteroatoms. The largest absolute Gasteiger partial charge is 0.480 e. The molecule has 0 aliphatic heterocycles. The van der Waals surface area contributed by atoms with Gasteiger partial charge < -0.3 is 5.11 Å². The standard InChI is InChI=1S/C14H18ClNO4S/c15-11-5-4-6-12(9-11)16(10-14(17)18)21(19,20)13-7-2-1-3-8-13/h4-6,9,13H,1-3,7-8,10H2,(H,17,18). The lowest BCUT2D eigenvalue weighted by atomic mass is 10.0. The van der Waals surface area contributed by atoms with Gasteiger partial charge in [-0.05, 0) is 31.0 Å². The quantitative estimate of drug-likeness (QED) is 0.900. The molecule has 2 rings (SSSR count). The fourth-order valence-electron chi connectivity index (χ4n) is 2.63. The summed E-state index contributed by atoms with van der Waals surface area (Å²) >= 11 is 5.89. The number of carbonyl (C=O) groups is 1. The monoisotopic (exact) mass is 331 g/mol. The van der Waals surface area contributed by atoms with Crippen molar-refractivity contribution in [2.45, 2.75) is 37.4 Å². The van der Waals surface area contributed by atoms with Crippen LogP contribution >= 0.6 is 11.6 Å². The minimum atomic E-state index is -3.70. The molecule has 0 aromatic heterocycles. The van der Waals surface area contributed by atoms with Crippen molar-refractivity contribution in [1.82, 2.24) is 0 Å². The van der Waals surface area contributed by atoms with Gasteiger partial charge in [0.25, 0.3) is 0 Å². The average Bonchev–Trinajstić information content (AvgIpc) is 2.45. The van der Waals surface area contributed by atoms with E-state index in [4.69, 9.17) is 16.7 Å². The van der Waals surface area contributed by atoms with E-state index in [2.05, 4.69) is 0 Å². The highest BCUT2D eigenvalue weighted by molar-refractivity contribution is 7.93. The Kier molecular flexibility index (Phi) is 5.11. The van der Waals surface area contributed by atoms with E-state index in [9.17, 15) is 13.2 Å². The first-order valence-corrected chi connectivity index (χ1v) is 8.78. The number of benzene rings is 1. The molecule has 1 saturated carbocycles. The third-order valence-electron chi connectivity index (χ3n) is 3.66. The fourth-order valence-corrected chi connectivity index (χ4v) is 4.80. The molecule has 0 unspecified atom stereocenters. The summed E-state index contributed by atoms with van der Waals surface area (Å²) < 4.78 is 26.5. The van der Waals surface area contributed by atoms with Gasteiger partial charge in [-0.3, -0.25) is 9.10 Å². The van der Waals surface area contributed by atoms with Gasteiger partial charge in [0.15, 0.2) is 0 Å². The van der Waals surface area contributed by atoms with Crippen LogP contribution in [0.15, 0.2) is 24.3 Å². The number of carboxylic acids is 1. The van der Waals surface area contributed by atoms with E-state index in [-0.39, 0.29) is 0 Å². The van der Waals surface area contributed by atoms with Gasteiger partial charge in [0.1, 0.15) is 6.54 Å². The molecule has 116 valence electrons. The topological polar surface area (TPSA) is 74.7 Å². The Morgan fingerprint density at radius 2 is 1.95 bits per heavy atom. The first-order valence-electron chi connectivity index (χ1n) is 6.90. The number of sulfonamides is 1. The molecule has 1 aliphatic rings. The number of carboxylic acid groups (broad SMARTS) is 1. The van der Waals surface area contributed by atoms with Crippen LogP contribution in [0.25, 0.3) is 0 Å². The van der Waals surface area contributed by atoms with E-state index in [1.54, 1.807) is 18.2 Å². The summed E-state index contributed by atoms with van der Waals surface area (Å²) in [6, 6.07) is 6.28. The van der Waals surface area contributed by atoms with Crippen molar-refractivity contribution in [1.29, 1.82) is 0 Å². The van der Waals surface area contributed by atoms with E-state index >= 15 is 0 Å². The molecule has 1 fully saturated rings. The molecule has 0 bridgehead atoms. The zero-order valence-electron chi connectivity index (χ0n) is 11.5. The minimum Gasteiger partial charge on any atom is -0.480 e. The van der Waals surface area contributed by atoms with Crippen LogP contribution in [0.4, 0.5) is 5.69 Å². The molecule has 5 nitrogen and oxygen atoms in total. The molecule has 0 spiro atoms. The molecule has 0 radical (unpaired) electrons. The molecule has 0 amide bonds. The first-order chi connectivity index (χ1) is 9.91. The van der Waals surface area contributed by atoms with E-state index in [0.29, 0.717) is 23.6 Å². The number of hydrogen-bond donors (Lipinski definition) is 1. The van der Waals surface area contributed by atoms with Crippen LogP contribution in [-0.4, -0.2) is 31.3 Å². The Balaban J connectivity index is 2.37. The highest BCUT2D eigenvalue weighted by Gasteiger charge is 2.34. The molecule has 1 N–H and O–H groups in total. The van der Waals surface area contributed by atoms with E-state index in [1.807, 2.05) is 0 Å². The summed E-state index contributed by atoms with van der Waals surface area (Å²) in [5.74, 6) is -1.19. The predicted molar refractivity (Wildman–Crippen MR) is 82.2 cm³/mol. The zero-order valence-corrected chi connectivity index (χ0v) is 13.1. The van der Waals surface area contributed by atoms with Gasteiger partial charge in [-0.15, -0.1) is 0 Å². The summed E-state index contributed by atoms with van der Waals surface area (Å²) in [5, 5.41) is 8.90. The van der Waals surface area contributed by atoms with E-state index < -0.39 is 27.8 Å². The molecule has 1 aromatic carbocycles. The zero-order chi connectivity index (χ0) is 15.5. The van der Waals surface area contributed by atoms with E-state index in [0.717, 1.165) is 23.6 Å². The molecule has 0 atom stereocenters. The molecule has 0 saturated heterocycles. The van der Waals surface area contributed by atoms with Crippen molar-refractivity contribution in [3.8, 4) is 0 Å². The van der Waals surface area contributed by atoms with Crippen LogP contribution in [0.5, 0.6) is 0 Å². The van der Waals surface area contributed by atoms with Crippen molar-refractivity contribution in [2.24, 2.45) is 0 Å². The molecule has 21 heavy (non-hydrogen) atoms. The Morgan fingerprint density at radius 1 is 1.29 bits per heavy atom. The van der Waals surface area contributed by atoms with Gasteiger partial charge in [-0.2, -0.15) is 0 Å². The number of halogens is 1. The van der Waals surface area contributed by atoms with Crippen LogP contribution in [0.3, 0.4) is 0 Å². The van der Waals surface area contributed by atoms with Crippen LogP contribution in [-0.2, 0) is 14.8 Å². The van der Waals surface area contributed by atoms with Crippen LogP contribution in [0.2, 0.25) is 5.02 Å². The Labute approximate surface area is 129 Å². The second-order valence-electron chi connectivity index (χ2n) is 5.19. The smallest absolute Gasteiger partial charge is 0.324 e. The third-order valence-corrected chi connectivity index (χ3v) is 6.16. The second kappa shape index (κ2) is 6.66. The maximum Gasteiger partial charge on any atom is 0.324 e. The van der Waals surface area contributed by atoms with Crippen molar-refractivity contribution >= 4 is 33.3 Å². The first kappa shape index (κ1) is 16.1. The van der Waals surface area contributed by atoms with Crippen molar-refractivity contribution in [3.63, 3.8) is 0 Å². The predicted octanol–water partition coefficient (Wildman–Crippen LogP) is 2.89. The van der Waals surface area contributed by atoms with Crippen LogP contribution in [0.1, 0.15) is 32.1 Å². The summed E-state index contributed by atoms with van der Waals surface area (Å²) in [5.41, 5.74) is 0.301. The number of rotatable bonds is 5. The second-order valence-corrected chi connectivity index (χ2v) is 7.76. The highest BCUT2D eigenvalue weighted by Crippen LogP contribution is 2.30. The lowest BCUT2D eigenvalue weighted by molar-refractivity contribution is -0.135. The molecular weight excluding hydrogens is 314 g/mol. The number of hydrogen-bond acceptors (Lipinski definition) is 3. The molecule has 1 aliphatic carbocycles. The lowest BCUT2D eigenvalue weighted by Gasteiger charge is -2.30. The Bertz CT molecular complexity index is 611. The fraction of sp³-hybridized carbons (Fsp3) is 0.500. The van der Waals surface area contributed by atoms with Gasteiger partial charge in [0.05, 0.1) is 10.9 Å². The van der Waals surface area contributed by atoms with Gasteiger partial charge in [0.2, 0.25) is 10.0 Å². The van der Waals surface area contributed by atoms with Crippen LogP contribution < -0.4 is 4.31 Å². The van der Waals surface area contributed by atoms with E-state index in [1.165, 1.54) is 6.07 Å². The summed E-state index contributed by atoms with van der Waals surface area (Å²) in [6.07, 6.45) is 3.92. The Morgan fingerprint density at radius 3 is 2.52 bits per heavy atom. The van der Waals surface area contributed by atoms with Gasteiger partial charge in [-0.25, -0.2) is 8.42 Å². The Hall–Kier alpha value is -1.27. The third kappa shape index (κ3) is 3.89. The summed E-state index contributed by atoms with van der Waals surface area (Å²) in [4.78, 5) is 11.1. The molecular formula is C14H18ClNO4S. The SMILES string of the molecule is O=C(O)CN(c1cccc(Cl)c1)S(=O)(=O)C1CCCCC1. The maximum absolute atomic E-state index is 12.8.